The molecule has 3 aliphatic heterocycles. The highest BCUT2D eigenvalue weighted by Crippen LogP contribution is 2.57. The summed E-state index contributed by atoms with van der Waals surface area (Å²) >= 11 is 0. The maximum Gasteiger partial charge on any atom is 0.324 e. The van der Waals surface area contributed by atoms with Crippen LogP contribution in [0.15, 0.2) is 84.9 Å². The number of hydrogen-bond acceptors (Lipinski definition) is 2. The third kappa shape index (κ3) is 3.06. The largest absolute Gasteiger partial charge is 0.324 e. The fourth-order valence-electron chi connectivity index (χ4n) is 5.91. The van der Waals surface area contributed by atoms with Gasteiger partial charge < -0.3 is 9.80 Å². The van der Waals surface area contributed by atoms with Crippen molar-refractivity contribution in [2.45, 2.75) is 25.3 Å². The first-order valence-corrected chi connectivity index (χ1v) is 11.8. The molecule has 0 saturated carbocycles. The lowest BCUT2D eigenvalue weighted by Crippen LogP contribution is -2.67. The highest BCUT2D eigenvalue weighted by Gasteiger charge is 2.62. The minimum atomic E-state index is -0.448. The number of carbonyl (C=O) groups is 2. The molecule has 3 amide bonds. The number of carbonyl (C=O) groups excluding carboxylic acids is 2. The highest BCUT2D eigenvalue weighted by molar-refractivity contribution is 6.06. The quantitative estimate of drug-likeness (QED) is 0.527. The van der Waals surface area contributed by atoms with Gasteiger partial charge in [0.15, 0.2) is 0 Å². The van der Waals surface area contributed by atoms with Crippen molar-refractivity contribution >= 4 is 23.3 Å². The van der Waals surface area contributed by atoms with Crippen LogP contribution in [0.25, 0.3) is 0 Å². The molecule has 166 valence electrons. The van der Waals surface area contributed by atoms with Crippen molar-refractivity contribution in [1.29, 1.82) is 0 Å². The number of piperidine rings is 1. The molecule has 1 spiro atoms. The Balaban J connectivity index is 1.25. The normalized spacial score (nSPS) is 21.2. The van der Waals surface area contributed by atoms with E-state index in [1.165, 1.54) is 5.56 Å². The molecule has 0 aromatic heterocycles. The van der Waals surface area contributed by atoms with Gasteiger partial charge in [-0.1, -0.05) is 66.7 Å². The Bertz CT molecular complexity index is 1190. The number of hydrogen-bond donors (Lipinski definition) is 0. The summed E-state index contributed by atoms with van der Waals surface area (Å²) < 4.78 is 0. The summed E-state index contributed by atoms with van der Waals surface area (Å²) in [4.78, 5) is 32.8. The monoisotopic (exact) mass is 437 g/mol. The molecule has 3 heterocycles. The predicted molar refractivity (Wildman–Crippen MR) is 129 cm³/mol. The maximum absolute atomic E-state index is 13.6. The fourth-order valence-corrected chi connectivity index (χ4v) is 5.91. The first-order chi connectivity index (χ1) is 16.2. The second kappa shape index (κ2) is 7.77. The zero-order valence-electron chi connectivity index (χ0n) is 18.6. The minimum Gasteiger partial charge on any atom is -0.324 e. The number of para-hydroxylation sites is 2. The van der Waals surface area contributed by atoms with E-state index in [2.05, 4.69) is 18.2 Å². The summed E-state index contributed by atoms with van der Waals surface area (Å²) in [7, 11) is 0. The number of amides is 3. The average Bonchev–Trinajstić information content (AvgIpc) is 3.32. The van der Waals surface area contributed by atoms with E-state index < -0.39 is 5.41 Å². The van der Waals surface area contributed by atoms with Crippen molar-refractivity contribution in [2.24, 2.45) is 5.41 Å². The lowest BCUT2D eigenvalue weighted by molar-refractivity contribution is -0.144. The summed E-state index contributed by atoms with van der Waals surface area (Å²) in [6, 6.07) is 28.5. The molecule has 5 heteroatoms. The zero-order valence-corrected chi connectivity index (χ0v) is 18.6. The van der Waals surface area contributed by atoms with Crippen LogP contribution in [-0.4, -0.2) is 36.5 Å². The molecule has 3 aromatic rings. The van der Waals surface area contributed by atoms with Gasteiger partial charge in [-0.05, 0) is 48.6 Å². The molecule has 5 nitrogen and oxygen atoms in total. The lowest BCUT2D eigenvalue weighted by Gasteiger charge is -2.59. The molecule has 3 aliphatic rings. The summed E-state index contributed by atoms with van der Waals surface area (Å²) in [6.45, 7) is 1.94. The Morgan fingerprint density at radius 2 is 1.42 bits per heavy atom. The Hall–Kier alpha value is -3.60. The molecule has 0 bridgehead atoms. The molecule has 6 rings (SSSR count). The predicted octanol–water partition coefficient (Wildman–Crippen LogP) is 5.04. The van der Waals surface area contributed by atoms with Crippen LogP contribution in [0.1, 0.15) is 30.0 Å². The van der Waals surface area contributed by atoms with Gasteiger partial charge in [0.2, 0.25) is 5.91 Å². The van der Waals surface area contributed by atoms with Crippen LogP contribution >= 0.6 is 0 Å². The summed E-state index contributed by atoms with van der Waals surface area (Å²) in [5.74, 6) is 0.182. The average molecular weight is 438 g/mol. The number of rotatable bonds is 2. The van der Waals surface area contributed by atoms with E-state index in [1.807, 2.05) is 81.4 Å². The number of urea groups is 1. The Kier molecular flexibility index (Phi) is 4.72. The van der Waals surface area contributed by atoms with Crippen LogP contribution in [0.2, 0.25) is 0 Å². The van der Waals surface area contributed by atoms with E-state index in [0.717, 1.165) is 29.9 Å². The van der Waals surface area contributed by atoms with E-state index >= 15 is 0 Å². The molecule has 0 aliphatic carbocycles. The van der Waals surface area contributed by atoms with E-state index in [1.54, 1.807) is 0 Å². The maximum atomic E-state index is 13.6. The van der Waals surface area contributed by atoms with Crippen LogP contribution in [0.3, 0.4) is 0 Å². The highest BCUT2D eigenvalue weighted by atomic mass is 16.2. The lowest BCUT2D eigenvalue weighted by atomic mass is 9.62. The molecule has 3 aromatic carbocycles. The van der Waals surface area contributed by atoms with Crippen LogP contribution < -0.4 is 9.80 Å². The number of likely N-dealkylation sites (tertiary alicyclic amines) is 1. The number of fused-ring (bicyclic) bond motifs is 1. The van der Waals surface area contributed by atoms with Gasteiger partial charge in [0.1, 0.15) is 0 Å². The van der Waals surface area contributed by atoms with Gasteiger partial charge in [-0.15, -0.1) is 0 Å². The van der Waals surface area contributed by atoms with Crippen LogP contribution in [0.4, 0.5) is 16.2 Å². The standard InChI is InChI=1S/C28H27N3O2/c32-26-28(25(22-10-3-1-4-11-22)31(26)23-12-5-2-6-13-23)16-19-29(20-17-28)27(33)30-18-15-21-9-7-8-14-24(21)30/h1-14,25H,15-20H2. The second-order valence-electron chi connectivity index (χ2n) is 9.28. The molecule has 1 atom stereocenters. The van der Waals surface area contributed by atoms with Crippen molar-refractivity contribution in [3.8, 4) is 0 Å². The van der Waals surface area contributed by atoms with Crippen molar-refractivity contribution in [3.05, 3.63) is 96.1 Å². The van der Waals surface area contributed by atoms with E-state index in [0.29, 0.717) is 25.9 Å². The first kappa shape index (κ1) is 20.0. The smallest absolute Gasteiger partial charge is 0.324 e. The van der Waals surface area contributed by atoms with Crippen molar-refractivity contribution in [3.63, 3.8) is 0 Å². The third-order valence-corrected chi connectivity index (χ3v) is 7.62. The number of nitrogens with zero attached hydrogens (tertiary/aromatic N) is 3. The van der Waals surface area contributed by atoms with Gasteiger partial charge in [-0.2, -0.15) is 0 Å². The fraction of sp³-hybridized carbons (Fsp3) is 0.286. The van der Waals surface area contributed by atoms with Gasteiger partial charge in [-0.3, -0.25) is 9.69 Å². The van der Waals surface area contributed by atoms with Gasteiger partial charge >= 0.3 is 6.03 Å². The second-order valence-corrected chi connectivity index (χ2v) is 9.28. The summed E-state index contributed by atoms with van der Waals surface area (Å²) in [6.07, 6.45) is 2.28. The van der Waals surface area contributed by atoms with Gasteiger partial charge in [0.05, 0.1) is 11.5 Å². The van der Waals surface area contributed by atoms with Gasteiger partial charge in [0.25, 0.3) is 0 Å². The molecule has 0 radical (unpaired) electrons. The van der Waals surface area contributed by atoms with Crippen molar-refractivity contribution < 1.29 is 9.59 Å². The van der Waals surface area contributed by atoms with Crippen LogP contribution in [0.5, 0.6) is 0 Å². The SMILES string of the molecule is O=C(N1CCC2(CC1)C(=O)N(c1ccccc1)C2c1ccccc1)N1CCc2ccccc21. The third-order valence-electron chi connectivity index (χ3n) is 7.62. The molecule has 2 fully saturated rings. The van der Waals surface area contributed by atoms with E-state index in [4.69, 9.17) is 0 Å². The van der Waals surface area contributed by atoms with E-state index in [-0.39, 0.29) is 18.0 Å². The molecule has 1 unspecified atom stereocenters. The Morgan fingerprint density at radius 3 is 2.15 bits per heavy atom. The van der Waals surface area contributed by atoms with Gasteiger partial charge in [-0.25, -0.2) is 4.79 Å². The Morgan fingerprint density at radius 1 is 0.788 bits per heavy atom. The van der Waals surface area contributed by atoms with Crippen LogP contribution in [0, 0.1) is 5.41 Å². The summed E-state index contributed by atoms with van der Waals surface area (Å²) in [5, 5.41) is 0. The number of benzene rings is 3. The molecular formula is C28H27N3O2. The van der Waals surface area contributed by atoms with Crippen molar-refractivity contribution in [2.75, 3.05) is 29.4 Å². The minimum absolute atomic E-state index is 0.00151. The first-order valence-electron chi connectivity index (χ1n) is 11.8. The topological polar surface area (TPSA) is 43.9 Å². The number of β-lactam (4-membered cyclic amide) rings is 1. The van der Waals surface area contributed by atoms with E-state index in [9.17, 15) is 9.59 Å². The summed E-state index contributed by atoms with van der Waals surface area (Å²) in [5.41, 5.74) is 3.91. The zero-order chi connectivity index (χ0) is 22.4. The Labute approximate surface area is 194 Å². The molecular weight excluding hydrogens is 410 g/mol. The van der Waals surface area contributed by atoms with Gasteiger partial charge in [0, 0.05) is 31.0 Å². The van der Waals surface area contributed by atoms with Crippen molar-refractivity contribution in [1.82, 2.24) is 4.90 Å². The van der Waals surface area contributed by atoms with Crippen LogP contribution in [-0.2, 0) is 11.2 Å². The molecule has 33 heavy (non-hydrogen) atoms. The molecule has 0 N–H and O–H groups in total. The number of anilines is 2. The molecule has 2 saturated heterocycles.